The molecule has 3 heteroatoms. The fourth-order valence-electron chi connectivity index (χ4n) is 1.78. The fourth-order valence-corrected chi connectivity index (χ4v) is 1.78. The molecule has 0 amide bonds. The number of phenols is 1. The molecule has 0 spiro atoms. The summed E-state index contributed by atoms with van der Waals surface area (Å²) in [4.78, 5) is 0. The van der Waals surface area contributed by atoms with Crippen LogP contribution in [0.15, 0.2) is 18.2 Å². The summed E-state index contributed by atoms with van der Waals surface area (Å²) in [6, 6.07) is 5.17. The average Bonchev–Trinajstić information content (AvgIpc) is 2.57. The van der Waals surface area contributed by atoms with Crippen LogP contribution in [-0.4, -0.2) is 18.3 Å². The summed E-state index contributed by atoms with van der Waals surface area (Å²) in [5.41, 5.74) is 0.967. The lowest BCUT2D eigenvalue weighted by Gasteiger charge is -2.26. The first-order chi connectivity index (χ1) is 10.7. The van der Waals surface area contributed by atoms with E-state index in [1.165, 1.54) is 6.42 Å². The van der Waals surface area contributed by atoms with Gasteiger partial charge in [-0.2, -0.15) is 0 Å². The van der Waals surface area contributed by atoms with Crippen molar-refractivity contribution in [3.63, 3.8) is 0 Å². The second kappa shape index (κ2) is 16.2. The summed E-state index contributed by atoms with van der Waals surface area (Å²) in [7, 11) is 0. The highest BCUT2D eigenvalue weighted by Crippen LogP contribution is 2.36. The molecule has 1 heterocycles. The van der Waals surface area contributed by atoms with E-state index in [0.717, 1.165) is 30.8 Å². The van der Waals surface area contributed by atoms with E-state index in [1.54, 1.807) is 18.2 Å². The van der Waals surface area contributed by atoms with Crippen LogP contribution in [0.25, 0.3) is 0 Å². The molecule has 0 radical (unpaired) electrons. The van der Waals surface area contributed by atoms with Crippen LogP contribution >= 0.6 is 0 Å². The molecule has 1 aliphatic rings. The van der Waals surface area contributed by atoms with Gasteiger partial charge in [-0.15, -0.1) is 0 Å². The summed E-state index contributed by atoms with van der Waals surface area (Å²) >= 11 is 0. The fraction of sp³-hybridized carbons (Fsp3) is 0.684. The molecule has 1 atom stereocenters. The summed E-state index contributed by atoms with van der Waals surface area (Å²) < 4.78 is 11.2. The van der Waals surface area contributed by atoms with Gasteiger partial charge < -0.3 is 14.6 Å². The maximum Gasteiger partial charge on any atom is 0.125 e. The van der Waals surface area contributed by atoms with E-state index in [1.807, 2.05) is 27.7 Å². The molecule has 0 bridgehead atoms. The van der Waals surface area contributed by atoms with Crippen molar-refractivity contribution in [1.29, 1.82) is 0 Å². The van der Waals surface area contributed by atoms with Crippen LogP contribution in [-0.2, 0) is 4.74 Å². The number of aromatic hydroxyl groups is 1. The SMILES string of the molecule is CC.CC.CCC.CCCOC1CCOc2ccc(O)cc21. The van der Waals surface area contributed by atoms with Gasteiger partial charge in [-0.1, -0.05) is 54.9 Å². The van der Waals surface area contributed by atoms with Gasteiger partial charge in [-0.05, 0) is 24.6 Å². The maximum atomic E-state index is 9.42. The number of rotatable bonds is 3. The van der Waals surface area contributed by atoms with Gasteiger partial charge in [0.05, 0.1) is 12.7 Å². The first-order valence-electron chi connectivity index (χ1n) is 8.80. The molecule has 0 aromatic heterocycles. The Bertz CT molecular complexity index is 351. The first-order valence-corrected chi connectivity index (χ1v) is 8.80. The smallest absolute Gasteiger partial charge is 0.125 e. The van der Waals surface area contributed by atoms with Crippen molar-refractivity contribution < 1.29 is 14.6 Å². The summed E-state index contributed by atoms with van der Waals surface area (Å²) in [5.74, 6) is 1.10. The minimum Gasteiger partial charge on any atom is -0.508 e. The topological polar surface area (TPSA) is 38.7 Å². The van der Waals surface area contributed by atoms with Gasteiger partial charge in [0.1, 0.15) is 11.5 Å². The van der Waals surface area contributed by atoms with E-state index in [2.05, 4.69) is 20.8 Å². The second-order valence-corrected chi connectivity index (χ2v) is 4.43. The molecular formula is C19H36O3. The van der Waals surface area contributed by atoms with Crippen molar-refractivity contribution in [2.75, 3.05) is 13.2 Å². The number of benzene rings is 1. The third kappa shape index (κ3) is 8.93. The second-order valence-electron chi connectivity index (χ2n) is 4.43. The third-order valence-electron chi connectivity index (χ3n) is 2.50. The molecule has 22 heavy (non-hydrogen) atoms. The molecule has 0 fully saturated rings. The highest BCUT2D eigenvalue weighted by Gasteiger charge is 2.22. The maximum absolute atomic E-state index is 9.42. The molecule has 1 N–H and O–H groups in total. The van der Waals surface area contributed by atoms with Crippen molar-refractivity contribution in [2.24, 2.45) is 0 Å². The molecule has 0 saturated heterocycles. The van der Waals surface area contributed by atoms with Gasteiger partial charge in [0, 0.05) is 18.6 Å². The molecule has 2 rings (SSSR count). The van der Waals surface area contributed by atoms with Crippen LogP contribution in [0.2, 0.25) is 0 Å². The zero-order valence-corrected chi connectivity index (χ0v) is 15.6. The van der Waals surface area contributed by atoms with Crippen LogP contribution in [0.5, 0.6) is 11.5 Å². The van der Waals surface area contributed by atoms with Crippen LogP contribution in [0.4, 0.5) is 0 Å². The molecule has 130 valence electrons. The zero-order valence-electron chi connectivity index (χ0n) is 15.6. The molecule has 1 aromatic rings. The van der Waals surface area contributed by atoms with Crippen LogP contribution in [0.1, 0.15) is 79.4 Å². The summed E-state index contributed by atoms with van der Waals surface area (Å²) in [5, 5.41) is 9.42. The molecule has 0 aliphatic carbocycles. The van der Waals surface area contributed by atoms with Crippen molar-refractivity contribution in [2.45, 2.75) is 73.8 Å². The number of phenolic OH excluding ortho intramolecular Hbond substituents is 1. The molecule has 1 unspecified atom stereocenters. The molecular weight excluding hydrogens is 276 g/mol. The number of hydrogen-bond donors (Lipinski definition) is 1. The van der Waals surface area contributed by atoms with Gasteiger partial charge in [0.25, 0.3) is 0 Å². The highest BCUT2D eigenvalue weighted by atomic mass is 16.5. The van der Waals surface area contributed by atoms with E-state index < -0.39 is 0 Å². The molecule has 3 nitrogen and oxygen atoms in total. The standard InChI is InChI=1S/C12H16O3.C3H8.2C2H6/c1-2-6-14-12-5-7-15-11-4-3-9(13)8-10(11)12;1-3-2;2*1-2/h3-4,8,12-13H,2,5-7H2,1H3;3H2,1-2H3;2*1-2H3. The Morgan fingerprint density at radius 3 is 2.27 bits per heavy atom. The zero-order chi connectivity index (χ0) is 17.4. The van der Waals surface area contributed by atoms with E-state index in [0.29, 0.717) is 6.61 Å². The van der Waals surface area contributed by atoms with Gasteiger partial charge in [0.15, 0.2) is 0 Å². The Morgan fingerprint density at radius 1 is 1.14 bits per heavy atom. The summed E-state index contributed by atoms with van der Waals surface area (Å²) in [6.07, 6.45) is 3.18. The number of fused-ring (bicyclic) bond motifs is 1. The van der Waals surface area contributed by atoms with Gasteiger partial charge in [0.2, 0.25) is 0 Å². The van der Waals surface area contributed by atoms with E-state index in [9.17, 15) is 5.11 Å². The molecule has 1 aliphatic heterocycles. The largest absolute Gasteiger partial charge is 0.508 e. The van der Waals surface area contributed by atoms with Crippen molar-refractivity contribution in [3.05, 3.63) is 23.8 Å². The van der Waals surface area contributed by atoms with Crippen LogP contribution in [0, 0.1) is 0 Å². The van der Waals surface area contributed by atoms with Crippen molar-refractivity contribution in [1.82, 2.24) is 0 Å². The third-order valence-corrected chi connectivity index (χ3v) is 2.50. The van der Waals surface area contributed by atoms with Gasteiger partial charge in [-0.3, -0.25) is 0 Å². The minimum absolute atomic E-state index is 0.0702. The lowest BCUT2D eigenvalue weighted by Crippen LogP contribution is -2.16. The van der Waals surface area contributed by atoms with E-state index in [4.69, 9.17) is 9.47 Å². The molecule has 0 saturated carbocycles. The van der Waals surface area contributed by atoms with E-state index >= 15 is 0 Å². The van der Waals surface area contributed by atoms with Crippen LogP contribution < -0.4 is 4.74 Å². The lowest BCUT2D eigenvalue weighted by molar-refractivity contribution is 0.0242. The highest BCUT2D eigenvalue weighted by molar-refractivity contribution is 5.42. The van der Waals surface area contributed by atoms with Crippen molar-refractivity contribution >= 4 is 0 Å². The normalized spacial score (nSPS) is 14.6. The Labute approximate surface area is 137 Å². The minimum atomic E-state index is 0.0702. The average molecular weight is 312 g/mol. The van der Waals surface area contributed by atoms with Crippen molar-refractivity contribution in [3.8, 4) is 11.5 Å². The predicted octanol–water partition coefficient (Wildman–Crippen LogP) is 6.11. The Hall–Kier alpha value is -1.22. The Balaban J connectivity index is 0. The monoisotopic (exact) mass is 312 g/mol. The quantitative estimate of drug-likeness (QED) is 0.731. The Kier molecular flexibility index (Phi) is 16.9. The Morgan fingerprint density at radius 2 is 1.73 bits per heavy atom. The van der Waals surface area contributed by atoms with E-state index in [-0.39, 0.29) is 11.9 Å². The van der Waals surface area contributed by atoms with Gasteiger partial charge >= 0.3 is 0 Å². The summed E-state index contributed by atoms with van der Waals surface area (Å²) in [6.45, 7) is 15.8. The number of ether oxygens (including phenoxy) is 2. The predicted molar refractivity (Wildman–Crippen MR) is 95.9 cm³/mol. The first kappa shape index (κ1) is 23.1. The van der Waals surface area contributed by atoms with Crippen LogP contribution in [0.3, 0.4) is 0 Å². The number of hydrogen-bond acceptors (Lipinski definition) is 3. The molecule has 1 aromatic carbocycles. The van der Waals surface area contributed by atoms with Gasteiger partial charge in [-0.25, -0.2) is 0 Å². The lowest BCUT2D eigenvalue weighted by atomic mass is 10.0.